The first-order valence-corrected chi connectivity index (χ1v) is 9.70. The minimum Gasteiger partial charge on any atom is -0.246 e. The Kier molecular flexibility index (Phi) is 5.32. The third-order valence-corrected chi connectivity index (χ3v) is 5.14. The van der Waals surface area contributed by atoms with Crippen LogP contribution in [-0.2, 0) is 23.0 Å². The van der Waals surface area contributed by atoms with Crippen molar-refractivity contribution in [2.45, 2.75) is 31.2 Å². The van der Waals surface area contributed by atoms with Crippen LogP contribution >= 0.6 is 0 Å². The van der Waals surface area contributed by atoms with Gasteiger partial charge in [0.25, 0.3) is 16.0 Å². The van der Waals surface area contributed by atoms with Crippen molar-refractivity contribution in [2.75, 3.05) is 4.72 Å². The van der Waals surface area contributed by atoms with Gasteiger partial charge in [-0.3, -0.25) is 0 Å². The van der Waals surface area contributed by atoms with Crippen LogP contribution in [0.15, 0.2) is 59.8 Å². The summed E-state index contributed by atoms with van der Waals surface area (Å²) in [6.45, 7) is 2.43. The first kappa shape index (κ1) is 18.1. The molecule has 3 rings (SSSR count). The van der Waals surface area contributed by atoms with Gasteiger partial charge >= 0.3 is 0 Å². The summed E-state index contributed by atoms with van der Waals surface area (Å²) in [6.07, 6.45) is 3.33. The van der Waals surface area contributed by atoms with Crippen molar-refractivity contribution in [3.63, 3.8) is 0 Å². The molecule has 0 saturated carbocycles. The standard InChI is InChI=1S/C18H19FN4O2S/c1-2-3-14-6-10-17(11-7-14)26(24,25)22-18-20-13-23(21-18)12-15-4-8-16(19)9-5-15/h4-11,13H,2-3,12H2,1H3,(H,21,22). The Labute approximate surface area is 151 Å². The summed E-state index contributed by atoms with van der Waals surface area (Å²) in [5.41, 5.74) is 1.92. The SMILES string of the molecule is CCCc1ccc(S(=O)(=O)Nc2ncn(Cc3ccc(F)cc3)n2)cc1. The van der Waals surface area contributed by atoms with Gasteiger partial charge in [-0.05, 0) is 41.8 Å². The maximum Gasteiger partial charge on any atom is 0.264 e. The van der Waals surface area contributed by atoms with E-state index < -0.39 is 10.0 Å². The van der Waals surface area contributed by atoms with Gasteiger partial charge in [-0.2, -0.15) is 4.98 Å². The van der Waals surface area contributed by atoms with Gasteiger partial charge in [0.1, 0.15) is 12.1 Å². The van der Waals surface area contributed by atoms with Crippen molar-refractivity contribution in [3.05, 3.63) is 71.8 Å². The van der Waals surface area contributed by atoms with Crippen LogP contribution in [0.5, 0.6) is 0 Å². The molecule has 1 aromatic heterocycles. The smallest absolute Gasteiger partial charge is 0.246 e. The zero-order chi connectivity index (χ0) is 18.6. The second-order valence-electron chi connectivity index (χ2n) is 5.89. The van der Waals surface area contributed by atoms with Crippen molar-refractivity contribution in [1.29, 1.82) is 0 Å². The highest BCUT2D eigenvalue weighted by Gasteiger charge is 2.16. The van der Waals surface area contributed by atoms with Crippen LogP contribution in [0.3, 0.4) is 0 Å². The molecule has 6 nitrogen and oxygen atoms in total. The van der Waals surface area contributed by atoms with Crippen molar-refractivity contribution >= 4 is 16.0 Å². The molecule has 0 bridgehead atoms. The largest absolute Gasteiger partial charge is 0.264 e. The topological polar surface area (TPSA) is 76.9 Å². The third kappa shape index (κ3) is 4.45. The van der Waals surface area contributed by atoms with E-state index >= 15 is 0 Å². The average Bonchev–Trinajstić information content (AvgIpc) is 3.04. The normalized spacial score (nSPS) is 11.5. The third-order valence-electron chi connectivity index (χ3n) is 3.79. The molecule has 0 spiro atoms. The molecule has 0 aliphatic carbocycles. The van der Waals surface area contributed by atoms with E-state index in [9.17, 15) is 12.8 Å². The Morgan fingerprint density at radius 2 is 1.69 bits per heavy atom. The molecule has 1 N–H and O–H groups in total. The van der Waals surface area contributed by atoms with Gasteiger partial charge in [0, 0.05) is 0 Å². The summed E-state index contributed by atoms with van der Waals surface area (Å²) in [4.78, 5) is 4.13. The number of aromatic nitrogens is 3. The van der Waals surface area contributed by atoms with Gasteiger partial charge in [0.2, 0.25) is 0 Å². The highest BCUT2D eigenvalue weighted by molar-refractivity contribution is 7.92. The molecule has 136 valence electrons. The summed E-state index contributed by atoms with van der Waals surface area (Å²) >= 11 is 0. The molecule has 0 aliphatic heterocycles. The number of nitrogens with zero attached hydrogens (tertiary/aromatic N) is 3. The number of nitrogens with one attached hydrogen (secondary N) is 1. The number of benzene rings is 2. The predicted molar refractivity (Wildman–Crippen MR) is 96.8 cm³/mol. The number of anilines is 1. The van der Waals surface area contributed by atoms with Crippen LogP contribution in [0.1, 0.15) is 24.5 Å². The summed E-state index contributed by atoms with van der Waals surface area (Å²) in [5.74, 6) is -0.324. The average molecular weight is 374 g/mol. The van der Waals surface area contributed by atoms with E-state index in [1.165, 1.54) is 23.1 Å². The van der Waals surface area contributed by atoms with Crippen LogP contribution in [0, 0.1) is 5.82 Å². The number of aryl methyl sites for hydroxylation is 1. The fraction of sp³-hybridized carbons (Fsp3) is 0.222. The molecule has 8 heteroatoms. The molecule has 0 atom stereocenters. The molecule has 0 unspecified atom stereocenters. The predicted octanol–water partition coefficient (Wildman–Crippen LogP) is 3.22. The first-order valence-electron chi connectivity index (χ1n) is 8.22. The van der Waals surface area contributed by atoms with Crippen LogP contribution < -0.4 is 4.72 Å². The summed E-state index contributed by atoms with van der Waals surface area (Å²) in [6, 6.07) is 12.7. The van der Waals surface area contributed by atoms with Gasteiger partial charge in [0.05, 0.1) is 11.4 Å². The number of hydrogen-bond donors (Lipinski definition) is 1. The molecular weight excluding hydrogens is 355 g/mol. The lowest BCUT2D eigenvalue weighted by atomic mass is 10.1. The molecule has 0 aliphatic rings. The Bertz CT molecular complexity index is 967. The van der Waals surface area contributed by atoms with Crippen LogP contribution in [-0.4, -0.2) is 23.2 Å². The number of hydrogen-bond acceptors (Lipinski definition) is 4. The van der Waals surface area contributed by atoms with Crippen LogP contribution in [0.4, 0.5) is 10.3 Å². The lowest BCUT2D eigenvalue weighted by Gasteiger charge is -2.06. The summed E-state index contributed by atoms with van der Waals surface area (Å²) in [7, 11) is -3.75. The molecule has 0 saturated heterocycles. The minimum absolute atomic E-state index is 0.00949. The number of halogens is 1. The summed E-state index contributed by atoms with van der Waals surface area (Å²) < 4.78 is 41.7. The molecule has 0 amide bonds. The Morgan fingerprint density at radius 3 is 2.35 bits per heavy atom. The molecule has 0 radical (unpaired) electrons. The second-order valence-corrected chi connectivity index (χ2v) is 7.57. The Hall–Kier alpha value is -2.74. The Morgan fingerprint density at radius 1 is 1.04 bits per heavy atom. The fourth-order valence-corrected chi connectivity index (χ4v) is 3.44. The van der Waals surface area contributed by atoms with Gasteiger partial charge in [-0.15, -0.1) is 5.10 Å². The van der Waals surface area contributed by atoms with Gasteiger partial charge < -0.3 is 0 Å². The van der Waals surface area contributed by atoms with Crippen molar-refractivity contribution in [2.24, 2.45) is 0 Å². The van der Waals surface area contributed by atoms with Crippen molar-refractivity contribution in [1.82, 2.24) is 14.8 Å². The van der Waals surface area contributed by atoms with E-state index in [2.05, 4.69) is 21.7 Å². The monoisotopic (exact) mass is 374 g/mol. The van der Waals surface area contributed by atoms with E-state index in [4.69, 9.17) is 0 Å². The van der Waals surface area contributed by atoms with Crippen molar-refractivity contribution in [3.8, 4) is 0 Å². The molecule has 3 aromatic rings. The van der Waals surface area contributed by atoms with Crippen LogP contribution in [0.25, 0.3) is 0 Å². The van der Waals surface area contributed by atoms with E-state index in [1.807, 2.05) is 0 Å². The molecule has 0 fully saturated rings. The quantitative estimate of drug-likeness (QED) is 0.689. The molecule has 1 heterocycles. The second kappa shape index (κ2) is 7.65. The van der Waals surface area contributed by atoms with Gasteiger partial charge in [0.15, 0.2) is 0 Å². The van der Waals surface area contributed by atoms with E-state index in [-0.39, 0.29) is 16.7 Å². The molecule has 2 aromatic carbocycles. The summed E-state index contributed by atoms with van der Waals surface area (Å²) in [5, 5.41) is 4.11. The van der Waals surface area contributed by atoms with Gasteiger partial charge in [-0.25, -0.2) is 22.2 Å². The fourth-order valence-electron chi connectivity index (χ4n) is 2.50. The Balaban J connectivity index is 1.70. The maximum atomic E-state index is 12.9. The zero-order valence-corrected chi connectivity index (χ0v) is 15.1. The highest BCUT2D eigenvalue weighted by Crippen LogP contribution is 2.15. The zero-order valence-electron chi connectivity index (χ0n) is 14.3. The lowest BCUT2D eigenvalue weighted by Crippen LogP contribution is -2.14. The van der Waals surface area contributed by atoms with Gasteiger partial charge in [-0.1, -0.05) is 37.6 Å². The van der Waals surface area contributed by atoms with Crippen molar-refractivity contribution < 1.29 is 12.8 Å². The van der Waals surface area contributed by atoms with Crippen LogP contribution in [0.2, 0.25) is 0 Å². The highest BCUT2D eigenvalue weighted by atomic mass is 32.2. The van der Waals surface area contributed by atoms with E-state index in [0.717, 1.165) is 24.0 Å². The molecular formula is C18H19FN4O2S. The van der Waals surface area contributed by atoms with E-state index in [0.29, 0.717) is 6.54 Å². The molecule has 26 heavy (non-hydrogen) atoms. The lowest BCUT2D eigenvalue weighted by molar-refractivity contribution is 0.600. The minimum atomic E-state index is -3.75. The first-order chi connectivity index (χ1) is 12.5. The maximum absolute atomic E-state index is 12.9. The van der Waals surface area contributed by atoms with E-state index in [1.54, 1.807) is 36.4 Å². The number of rotatable bonds is 7. The number of sulfonamides is 1.